The van der Waals surface area contributed by atoms with Crippen molar-refractivity contribution in [3.63, 3.8) is 0 Å². The Labute approximate surface area is 238 Å². The van der Waals surface area contributed by atoms with Crippen LogP contribution in [0.2, 0.25) is 0 Å². The standard InChI is InChI=1S/C32H34FN5O3/c1-37-13-5-8-22(37)19-41-32-35-30-27(31(36-32)38-14-10-23(39)11-15-38)17-21(7-4-12-34)28(29(30)33)26-18-24(40)16-20-6-2-3-9-25(20)26/h2-3,6,9,16-18,22-23,39-40H,4-5,7-8,10-11,13-15,19H2,1H3. The van der Waals surface area contributed by atoms with Crippen LogP contribution in [0.4, 0.5) is 10.2 Å². The van der Waals surface area contributed by atoms with Crippen LogP contribution in [0.25, 0.3) is 32.8 Å². The summed E-state index contributed by atoms with van der Waals surface area (Å²) >= 11 is 0. The predicted octanol–water partition coefficient (Wildman–Crippen LogP) is 5.18. The normalized spacial score (nSPS) is 18.3. The lowest BCUT2D eigenvalue weighted by Crippen LogP contribution is -2.36. The number of phenols is 1. The van der Waals surface area contributed by atoms with Crippen molar-refractivity contribution in [2.45, 2.75) is 50.7 Å². The number of aryl methyl sites for hydroxylation is 1. The van der Waals surface area contributed by atoms with E-state index >= 15 is 4.39 Å². The lowest BCUT2D eigenvalue weighted by molar-refractivity contribution is 0.145. The van der Waals surface area contributed by atoms with Crippen LogP contribution in [0.1, 0.15) is 37.7 Å². The fourth-order valence-corrected chi connectivity index (χ4v) is 6.17. The molecule has 2 aliphatic heterocycles. The molecule has 8 nitrogen and oxygen atoms in total. The van der Waals surface area contributed by atoms with Crippen molar-refractivity contribution < 1.29 is 19.3 Å². The van der Waals surface area contributed by atoms with Crippen LogP contribution in [0, 0.1) is 17.1 Å². The van der Waals surface area contributed by atoms with E-state index in [1.54, 1.807) is 12.1 Å². The molecule has 1 atom stereocenters. The molecule has 2 fully saturated rings. The van der Waals surface area contributed by atoms with Gasteiger partial charge in [0.2, 0.25) is 0 Å². The summed E-state index contributed by atoms with van der Waals surface area (Å²) in [7, 11) is 2.07. The first-order valence-corrected chi connectivity index (χ1v) is 14.3. The molecular weight excluding hydrogens is 521 g/mol. The summed E-state index contributed by atoms with van der Waals surface area (Å²) in [4.78, 5) is 13.7. The van der Waals surface area contributed by atoms with E-state index in [1.165, 1.54) is 0 Å². The topological polar surface area (TPSA) is 106 Å². The van der Waals surface area contributed by atoms with E-state index in [2.05, 4.69) is 27.9 Å². The number of likely N-dealkylation sites (N-methyl/N-ethyl adjacent to an activating group) is 1. The number of aromatic hydroxyl groups is 1. The minimum atomic E-state index is -0.533. The van der Waals surface area contributed by atoms with Crippen molar-refractivity contribution in [2.75, 3.05) is 38.2 Å². The van der Waals surface area contributed by atoms with Gasteiger partial charge in [-0.15, -0.1) is 0 Å². The van der Waals surface area contributed by atoms with Crippen LogP contribution in [-0.2, 0) is 6.42 Å². The van der Waals surface area contributed by atoms with E-state index in [4.69, 9.17) is 9.72 Å². The maximum absolute atomic E-state index is 16.9. The zero-order valence-electron chi connectivity index (χ0n) is 23.2. The molecule has 0 bridgehead atoms. The van der Waals surface area contributed by atoms with Gasteiger partial charge in [-0.3, -0.25) is 0 Å². The van der Waals surface area contributed by atoms with Gasteiger partial charge in [0, 0.05) is 36.5 Å². The second-order valence-electron chi connectivity index (χ2n) is 11.1. The first-order valence-electron chi connectivity index (χ1n) is 14.3. The third-order valence-electron chi connectivity index (χ3n) is 8.43. The highest BCUT2D eigenvalue weighted by molar-refractivity contribution is 6.02. The quantitative estimate of drug-likeness (QED) is 0.321. The molecule has 0 spiro atoms. The summed E-state index contributed by atoms with van der Waals surface area (Å²) in [6, 6.07) is 15.2. The monoisotopic (exact) mass is 555 g/mol. The third kappa shape index (κ3) is 5.37. The molecule has 1 aromatic heterocycles. The van der Waals surface area contributed by atoms with Crippen LogP contribution < -0.4 is 9.64 Å². The molecule has 0 saturated carbocycles. The fourth-order valence-electron chi connectivity index (χ4n) is 6.17. The van der Waals surface area contributed by atoms with Crippen LogP contribution in [-0.4, -0.2) is 70.5 Å². The molecule has 212 valence electrons. The van der Waals surface area contributed by atoms with Crippen LogP contribution in [0.3, 0.4) is 0 Å². The first-order chi connectivity index (χ1) is 19.9. The highest BCUT2D eigenvalue weighted by Crippen LogP contribution is 2.41. The van der Waals surface area contributed by atoms with Gasteiger partial charge in [0.15, 0.2) is 5.82 Å². The zero-order valence-corrected chi connectivity index (χ0v) is 23.2. The molecular formula is C32H34FN5O3. The molecule has 0 radical (unpaired) electrons. The number of fused-ring (bicyclic) bond motifs is 2. The number of aliphatic hydroxyl groups is 1. The number of aromatic nitrogens is 2. The maximum Gasteiger partial charge on any atom is 0.319 e. The van der Waals surface area contributed by atoms with E-state index in [-0.39, 0.29) is 35.8 Å². The van der Waals surface area contributed by atoms with Gasteiger partial charge >= 0.3 is 6.01 Å². The summed E-state index contributed by atoms with van der Waals surface area (Å²) in [6.45, 7) is 2.57. The molecule has 2 saturated heterocycles. The van der Waals surface area contributed by atoms with Crippen LogP contribution in [0.5, 0.6) is 11.8 Å². The third-order valence-corrected chi connectivity index (χ3v) is 8.43. The van der Waals surface area contributed by atoms with E-state index < -0.39 is 5.82 Å². The second-order valence-corrected chi connectivity index (χ2v) is 11.1. The van der Waals surface area contributed by atoms with Gasteiger partial charge in [-0.2, -0.15) is 15.2 Å². The van der Waals surface area contributed by atoms with Crippen molar-refractivity contribution >= 4 is 27.5 Å². The Morgan fingerprint density at radius 3 is 2.63 bits per heavy atom. The number of piperidine rings is 1. The van der Waals surface area contributed by atoms with Crippen LogP contribution >= 0.6 is 0 Å². The minimum Gasteiger partial charge on any atom is -0.508 e. The van der Waals surface area contributed by atoms with Crippen molar-refractivity contribution in [1.29, 1.82) is 5.26 Å². The number of nitriles is 1. The Hall–Kier alpha value is -4.00. The summed E-state index contributed by atoms with van der Waals surface area (Å²) in [5.74, 6) is 0.0696. The average Bonchev–Trinajstić information content (AvgIpc) is 3.39. The molecule has 0 aliphatic carbocycles. The predicted molar refractivity (Wildman–Crippen MR) is 157 cm³/mol. The molecule has 3 heterocycles. The summed E-state index contributed by atoms with van der Waals surface area (Å²) < 4.78 is 23.0. The number of anilines is 1. The highest BCUT2D eigenvalue weighted by atomic mass is 19.1. The molecule has 3 aromatic carbocycles. The van der Waals surface area contributed by atoms with Crippen molar-refractivity contribution in [3.8, 4) is 29.0 Å². The molecule has 0 amide bonds. The van der Waals surface area contributed by atoms with Gasteiger partial charge in [0.25, 0.3) is 0 Å². The summed E-state index contributed by atoms with van der Waals surface area (Å²) in [6.07, 6.45) is 3.46. The number of ether oxygens (including phenoxy) is 1. The van der Waals surface area contributed by atoms with E-state index in [9.17, 15) is 15.5 Å². The largest absolute Gasteiger partial charge is 0.508 e. The molecule has 1 unspecified atom stereocenters. The van der Waals surface area contributed by atoms with E-state index in [0.717, 1.165) is 30.2 Å². The van der Waals surface area contributed by atoms with Gasteiger partial charge in [-0.25, -0.2) is 4.39 Å². The first kappa shape index (κ1) is 27.2. The Bertz CT molecular complexity index is 1630. The Balaban J connectivity index is 1.55. The molecule has 6 rings (SSSR count). The molecule has 2 N–H and O–H groups in total. The summed E-state index contributed by atoms with van der Waals surface area (Å²) in [5, 5.41) is 32.2. The van der Waals surface area contributed by atoms with Gasteiger partial charge in [-0.05, 0) is 85.8 Å². The Morgan fingerprint density at radius 1 is 1.07 bits per heavy atom. The number of likely N-dealkylation sites (tertiary alicyclic amines) is 1. The fraction of sp³-hybridized carbons (Fsp3) is 0.406. The number of halogens is 1. The van der Waals surface area contributed by atoms with Crippen LogP contribution in [0.15, 0.2) is 42.5 Å². The SMILES string of the molecule is CN1CCCC1COc1nc(N2CCC(O)CC2)c2cc(CCC#N)c(-c3cc(O)cc4ccccc34)c(F)c2n1. The number of hydrogen-bond donors (Lipinski definition) is 2. The van der Waals surface area contributed by atoms with Gasteiger partial charge < -0.3 is 24.7 Å². The van der Waals surface area contributed by atoms with E-state index in [1.807, 2.05) is 30.3 Å². The smallest absolute Gasteiger partial charge is 0.319 e. The minimum absolute atomic E-state index is 0.0318. The summed E-state index contributed by atoms with van der Waals surface area (Å²) in [5.41, 5.74) is 1.65. The number of hydrogen-bond acceptors (Lipinski definition) is 8. The maximum atomic E-state index is 16.9. The Morgan fingerprint density at radius 2 is 1.88 bits per heavy atom. The number of nitrogens with zero attached hydrogens (tertiary/aromatic N) is 5. The number of benzene rings is 3. The molecule has 41 heavy (non-hydrogen) atoms. The van der Waals surface area contributed by atoms with Crippen molar-refractivity contribution in [1.82, 2.24) is 14.9 Å². The number of rotatable bonds is 7. The van der Waals surface area contributed by atoms with Gasteiger partial charge in [-0.1, -0.05) is 24.3 Å². The van der Waals surface area contributed by atoms with Crippen molar-refractivity contribution in [2.24, 2.45) is 0 Å². The van der Waals surface area contributed by atoms with E-state index in [0.29, 0.717) is 66.9 Å². The second kappa shape index (κ2) is 11.5. The lowest BCUT2D eigenvalue weighted by atomic mass is 9.90. The highest BCUT2D eigenvalue weighted by Gasteiger charge is 2.27. The molecule has 2 aliphatic rings. The Kier molecular flexibility index (Phi) is 7.61. The number of aliphatic hydroxyl groups excluding tert-OH is 1. The van der Waals surface area contributed by atoms with Gasteiger partial charge in [0.05, 0.1) is 12.2 Å². The lowest BCUT2D eigenvalue weighted by Gasteiger charge is -2.31. The number of phenolic OH excluding ortho intramolecular Hbond substituents is 1. The zero-order chi connectivity index (χ0) is 28.5. The molecule has 4 aromatic rings. The average molecular weight is 556 g/mol. The van der Waals surface area contributed by atoms with Gasteiger partial charge in [0.1, 0.15) is 23.7 Å². The van der Waals surface area contributed by atoms with Crippen molar-refractivity contribution in [3.05, 3.63) is 53.8 Å². The molecule has 9 heteroatoms.